The van der Waals surface area contributed by atoms with E-state index in [4.69, 9.17) is 14.0 Å². The van der Waals surface area contributed by atoms with Crippen molar-refractivity contribution in [3.05, 3.63) is 53.8 Å². The molecule has 25 heavy (non-hydrogen) atoms. The van der Waals surface area contributed by atoms with Crippen LogP contribution in [0.25, 0.3) is 11.5 Å². The highest BCUT2D eigenvalue weighted by Crippen LogP contribution is 2.31. The van der Waals surface area contributed by atoms with Gasteiger partial charge in [-0.15, -0.1) is 0 Å². The topological polar surface area (TPSA) is 83.2 Å². The molecule has 0 bridgehead atoms. The van der Waals surface area contributed by atoms with Crippen LogP contribution in [0, 0.1) is 0 Å². The van der Waals surface area contributed by atoms with Crippen LogP contribution in [-0.2, 0) is 17.8 Å². The van der Waals surface area contributed by atoms with Crippen molar-refractivity contribution in [3.63, 3.8) is 0 Å². The van der Waals surface area contributed by atoms with Crippen molar-refractivity contribution in [2.75, 3.05) is 0 Å². The van der Waals surface area contributed by atoms with E-state index in [1.807, 2.05) is 26.0 Å². The summed E-state index contributed by atoms with van der Waals surface area (Å²) in [5.74, 6) is 1.67. The van der Waals surface area contributed by atoms with Crippen LogP contribution in [0.5, 0.6) is 5.75 Å². The fourth-order valence-corrected chi connectivity index (χ4v) is 2.78. The summed E-state index contributed by atoms with van der Waals surface area (Å²) in [7, 11) is 0. The maximum Gasteiger partial charge on any atom is 0.229 e. The predicted octanol–water partition coefficient (Wildman–Crippen LogP) is 3.13. The van der Waals surface area contributed by atoms with Crippen molar-refractivity contribution in [3.8, 4) is 17.3 Å². The molecule has 0 radical (unpaired) electrons. The maximum atomic E-state index is 5.78. The molecule has 4 heterocycles. The van der Waals surface area contributed by atoms with Crippen LogP contribution in [0.3, 0.4) is 0 Å². The van der Waals surface area contributed by atoms with Gasteiger partial charge < -0.3 is 14.0 Å². The van der Waals surface area contributed by atoms with Gasteiger partial charge in [0.05, 0.1) is 30.9 Å². The van der Waals surface area contributed by atoms with E-state index in [1.165, 1.54) is 0 Å². The van der Waals surface area contributed by atoms with Gasteiger partial charge in [0.15, 0.2) is 0 Å². The number of hydrogen-bond acceptors (Lipinski definition) is 7. The number of aromatic nitrogens is 4. The Balaban J connectivity index is 1.51. The van der Waals surface area contributed by atoms with Gasteiger partial charge in [0.1, 0.15) is 11.4 Å². The summed E-state index contributed by atoms with van der Waals surface area (Å²) in [5, 5.41) is 4.03. The molecular weight excluding hydrogens is 320 g/mol. The number of rotatable bonds is 5. The Morgan fingerprint density at radius 1 is 1.24 bits per heavy atom. The van der Waals surface area contributed by atoms with Crippen LogP contribution in [-0.4, -0.2) is 26.2 Å². The summed E-state index contributed by atoms with van der Waals surface area (Å²) in [6.07, 6.45) is 3.93. The van der Waals surface area contributed by atoms with E-state index in [-0.39, 0.29) is 12.2 Å². The zero-order valence-corrected chi connectivity index (χ0v) is 14.0. The number of nitrogens with zero attached hydrogens (tertiary/aromatic N) is 4. The van der Waals surface area contributed by atoms with Crippen LogP contribution < -0.4 is 4.74 Å². The van der Waals surface area contributed by atoms with E-state index in [2.05, 4.69) is 20.1 Å². The molecule has 0 spiro atoms. The largest absolute Gasteiger partial charge is 0.491 e. The quantitative estimate of drug-likeness (QED) is 0.706. The molecule has 0 aliphatic carbocycles. The molecule has 0 saturated carbocycles. The minimum atomic E-state index is -0.111. The Labute approximate surface area is 145 Å². The van der Waals surface area contributed by atoms with Gasteiger partial charge in [-0.1, -0.05) is 11.2 Å². The van der Waals surface area contributed by atoms with Gasteiger partial charge in [-0.3, -0.25) is 9.97 Å². The van der Waals surface area contributed by atoms with Gasteiger partial charge in [-0.05, 0) is 26.0 Å². The van der Waals surface area contributed by atoms with Crippen molar-refractivity contribution in [1.82, 2.24) is 20.1 Å². The Bertz CT molecular complexity index is 878. The number of pyridine rings is 2. The summed E-state index contributed by atoms with van der Waals surface area (Å²) in [5.41, 5.74) is 2.66. The first-order chi connectivity index (χ1) is 12.2. The van der Waals surface area contributed by atoms with Crippen molar-refractivity contribution in [1.29, 1.82) is 0 Å². The highest BCUT2D eigenvalue weighted by atomic mass is 16.5. The standard InChI is InChI=1S/C18H18N4O3/c1-11(2)24-12-5-7-20-14(8-12)18-21-17(25-22-18)9-16-13-4-3-6-19-15(13)10-23-16/h3-8,11,16H,9-10H2,1-2H3. The minimum absolute atomic E-state index is 0.0873. The Kier molecular flexibility index (Phi) is 4.15. The van der Waals surface area contributed by atoms with Crippen LogP contribution in [0.2, 0.25) is 0 Å². The number of fused-ring (bicyclic) bond motifs is 1. The average molecular weight is 338 g/mol. The lowest BCUT2D eigenvalue weighted by Crippen LogP contribution is -2.05. The van der Waals surface area contributed by atoms with E-state index in [1.54, 1.807) is 24.5 Å². The molecule has 4 rings (SSSR count). The minimum Gasteiger partial charge on any atom is -0.491 e. The molecule has 0 aromatic carbocycles. The van der Waals surface area contributed by atoms with Crippen LogP contribution in [0.1, 0.15) is 37.1 Å². The monoisotopic (exact) mass is 338 g/mol. The normalized spacial score (nSPS) is 16.2. The molecule has 0 saturated heterocycles. The van der Waals surface area contributed by atoms with Gasteiger partial charge in [0.25, 0.3) is 0 Å². The van der Waals surface area contributed by atoms with Crippen molar-refractivity contribution < 1.29 is 14.0 Å². The second-order valence-corrected chi connectivity index (χ2v) is 6.10. The third kappa shape index (κ3) is 3.36. The highest BCUT2D eigenvalue weighted by molar-refractivity contribution is 5.50. The first-order valence-corrected chi connectivity index (χ1v) is 8.20. The van der Waals surface area contributed by atoms with Crippen LogP contribution in [0.4, 0.5) is 0 Å². The van der Waals surface area contributed by atoms with Crippen LogP contribution >= 0.6 is 0 Å². The van der Waals surface area contributed by atoms with E-state index >= 15 is 0 Å². The first-order valence-electron chi connectivity index (χ1n) is 8.20. The average Bonchev–Trinajstić information content (AvgIpc) is 3.23. The zero-order chi connectivity index (χ0) is 17.2. The molecule has 0 N–H and O–H groups in total. The molecule has 0 amide bonds. The fourth-order valence-electron chi connectivity index (χ4n) is 2.78. The molecule has 7 heteroatoms. The number of hydrogen-bond donors (Lipinski definition) is 0. The summed E-state index contributed by atoms with van der Waals surface area (Å²) in [4.78, 5) is 13.1. The smallest absolute Gasteiger partial charge is 0.229 e. The molecule has 0 fully saturated rings. The third-order valence-electron chi connectivity index (χ3n) is 3.85. The summed E-state index contributed by atoms with van der Waals surface area (Å²) < 4.78 is 16.8. The van der Waals surface area contributed by atoms with Crippen molar-refractivity contribution in [2.45, 2.75) is 39.1 Å². The van der Waals surface area contributed by atoms with E-state index in [0.717, 1.165) is 17.0 Å². The molecule has 1 unspecified atom stereocenters. The molecular formula is C18H18N4O3. The SMILES string of the molecule is CC(C)Oc1ccnc(-c2noc(CC3OCc4ncccc43)n2)c1. The van der Waals surface area contributed by atoms with Gasteiger partial charge in [-0.2, -0.15) is 4.98 Å². The van der Waals surface area contributed by atoms with Crippen LogP contribution in [0.15, 0.2) is 41.2 Å². The molecule has 1 aliphatic heterocycles. The molecule has 3 aromatic heterocycles. The zero-order valence-electron chi connectivity index (χ0n) is 14.0. The maximum absolute atomic E-state index is 5.78. The first kappa shape index (κ1) is 15.7. The third-order valence-corrected chi connectivity index (χ3v) is 3.85. The molecule has 1 aliphatic rings. The Morgan fingerprint density at radius 2 is 2.16 bits per heavy atom. The second kappa shape index (κ2) is 6.60. The van der Waals surface area contributed by atoms with Crippen molar-refractivity contribution in [2.24, 2.45) is 0 Å². The highest BCUT2D eigenvalue weighted by Gasteiger charge is 2.26. The molecule has 128 valence electrons. The molecule has 7 nitrogen and oxygen atoms in total. The van der Waals surface area contributed by atoms with Gasteiger partial charge in [0, 0.05) is 24.0 Å². The fraction of sp³-hybridized carbons (Fsp3) is 0.333. The summed E-state index contributed by atoms with van der Waals surface area (Å²) in [6.45, 7) is 4.46. The van der Waals surface area contributed by atoms with Gasteiger partial charge in [-0.25, -0.2) is 0 Å². The molecule has 3 aromatic rings. The summed E-state index contributed by atoms with van der Waals surface area (Å²) >= 11 is 0. The van der Waals surface area contributed by atoms with Crippen molar-refractivity contribution >= 4 is 0 Å². The number of ether oxygens (including phenoxy) is 2. The lowest BCUT2D eigenvalue weighted by molar-refractivity contribution is 0.0600. The predicted molar refractivity (Wildman–Crippen MR) is 88.8 cm³/mol. The van der Waals surface area contributed by atoms with Gasteiger partial charge >= 0.3 is 0 Å². The van der Waals surface area contributed by atoms with Gasteiger partial charge in [0.2, 0.25) is 11.7 Å². The van der Waals surface area contributed by atoms with E-state index in [9.17, 15) is 0 Å². The van der Waals surface area contributed by atoms with E-state index < -0.39 is 0 Å². The lowest BCUT2D eigenvalue weighted by atomic mass is 10.1. The van der Waals surface area contributed by atoms with E-state index in [0.29, 0.717) is 30.4 Å². The summed E-state index contributed by atoms with van der Waals surface area (Å²) in [6, 6.07) is 7.54. The lowest BCUT2D eigenvalue weighted by Gasteiger charge is -2.09. The molecule has 1 atom stereocenters. The Hall–Kier alpha value is -2.80. The second-order valence-electron chi connectivity index (χ2n) is 6.10. The Morgan fingerprint density at radius 3 is 3.04 bits per heavy atom.